The molecule has 3 saturated carbocycles. The van der Waals surface area contributed by atoms with Crippen molar-refractivity contribution in [1.29, 1.82) is 0 Å². The number of alkyl halides is 1. The molecule has 0 radical (unpaired) electrons. The normalized spacial score (nSPS) is 38.1. The van der Waals surface area contributed by atoms with Crippen LogP contribution in [0.4, 0.5) is 4.39 Å². The highest BCUT2D eigenvalue weighted by Crippen LogP contribution is 2.45. The van der Waals surface area contributed by atoms with Crippen LogP contribution in [0.3, 0.4) is 0 Å². The van der Waals surface area contributed by atoms with Crippen LogP contribution < -0.4 is 0 Å². The van der Waals surface area contributed by atoms with Crippen molar-refractivity contribution in [3.8, 4) is 0 Å². The van der Waals surface area contributed by atoms with Gasteiger partial charge < -0.3 is 0 Å². The highest BCUT2D eigenvalue weighted by Gasteiger charge is 2.34. The van der Waals surface area contributed by atoms with E-state index in [0.29, 0.717) is 24.0 Å². The minimum absolute atomic E-state index is 0.461. The van der Waals surface area contributed by atoms with Gasteiger partial charge in [-0.3, -0.25) is 4.79 Å². The van der Waals surface area contributed by atoms with E-state index in [-0.39, 0.29) is 0 Å². The second kappa shape index (κ2) is 9.26. The molecular weight excluding hydrogens is 347 g/mol. The predicted molar refractivity (Wildman–Crippen MR) is 114 cm³/mol. The molecule has 28 heavy (non-hydrogen) atoms. The summed E-state index contributed by atoms with van der Waals surface area (Å²) in [6.07, 6.45) is 19.6. The molecule has 0 heterocycles. The van der Waals surface area contributed by atoms with E-state index < -0.39 is 6.17 Å². The summed E-state index contributed by atoms with van der Waals surface area (Å²) in [4.78, 5) is 11.5. The molecule has 0 aromatic carbocycles. The first kappa shape index (κ1) is 20.4. The van der Waals surface area contributed by atoms with Crippen molar-refractivity contribution >= 4 is 5.78 Å². The zero-order valence-electron chi connectivity index (χ0n) is 17.8. The molecule has 0 amide bonds. The Bertz CT molecular complexity index is 592. The van der Waals surface area contributed by atoms with Gasteiger partial charge in [-0.15, -0.1) is 0 Å². The van der Waals surface area contributed by atoms with Crippen molar-refractivity contribution in [2.45, 2.75) is 103 Å². The van der Waals surface area contributed by atoms with Gasteiger partial charge in [-0.25, -0.2) is 4.39 Å². The molecule has 1 nitrogen and oxygen atoms in total. The van der Waals surface area contributed by atoms with Gasteiger partial charge in [-0.2, -0.15) is 0 Å². The maximum atomic E-state index is 15.1. The lowest BCUT2D eigenvalue weighted by molar-refractivity contribution is -0.121. The van der Waals surface area contributed by atoms with Crippen LogP contribution in [0.1, 0.15) is 96.8 Å². The second-order valence-corrected chi connectivity index (χ2v) is 10.2. The average molecular weight is 387 g/mol. The fourth-order valence-corrected chi connectivity index (χ4v) is 6.69. The Labute approximate surface area is 171 Å². The van der Waals surface area contributed by atoms with Gasteiger partial charge in [0, 0.05) is 19.3 Å². The van der Waals surface area contributed by atoms with Gasteiger partial charge in [-0.05, 0) is 99.4 Å². The summed E-state index contributed by atoms with van der Waals surface area (Å²) in [6.45, 7) is 2.31. The van der Waals surface area contributed by atoms with E-state index in [2.05, 4.69) is 19.1 Å². The Morgan fingerprint density at radius 2 is 1.43 bits per heavy atom. The number of hydrogen-bond acceptors (Lipinski definition) is 1. The summed E-state index contributed by atoms with van der Waals surface area (Å²) in [7, 11) is 0. The first-order valence-electron chi connectivity index (χ1n) is 12.2. The number of carbonyl (C=O) groups is 1. The number of allylic oxidation sites excluding steroid dienone is 4. The molecule has 2 heteroatoms. The summed E-state index contributed by atoms with van der Waals surface area (Å²) in [5, 5.41) is 0. The molecular formula is C26H39FO. The van der Waals surface area contributed by atoms with Crippen LogP contribution in [0.5, 0.6) is 0 Å². The van der Waals surface area contributed by atoms with Gasteiger partial charge in [-0.1, -0.05) is 31.1 Å². The molecule has 1 atom stereocenters. The van der Waals surface area contributed by atoms with Crippen LogP contribution >= 0.6 is 0 Å². The van der Waals surface area contributed by atoms with Gasteiger partial charge in [0.25, 0.3) is 0 Å². The summed E-state index contributed by atoms with van der Waals surface area (Å²) in [5.41, 5.74) is 2.50. The molecule has 4 aliphatic rings. The highest BCUT2D eigenvalue weighted by molar-refractivity contribution is 5.79. The third-order valence-corrected chi connectivity index (χ3v) is 8.71. The molecule has 3 fully saturated rings. The van der Waals surface area contributed by atoms with Crippen LogP contribution in [0.25, 0.3) is 0 Å². The fourth-order valence-electron chi connectivity index (χ4n) is 6.69. The number of Topliss-reactive ketones (excluding diaryl/α,β-unsaturated/α-hetero) is 1. The standard InChI is InChI=1S/C26H39FO/c1-2-18-3-5-21(6-4-18)23-13-16-25(26(27)17-23)22-9-7-19(8-10-22)20-11-14-24(28)15-12-20/h13,16,18-22,26H,2-12,14-15,17H2,1H3. The minimum Gasteiger partial charge on any atom is -0.300 e. The van der Waals surface area contributed by atoms with Crippen LogP contribution in [0.2, 0.25) is 0 Å². The smallest absolute Gasteiger partial charge is 0.132 e. The maximum Gasteiger partial charge on any atom is 0.132 e. The molecule has 0 aliphatic heterocycles. The van der Waals surface area contributed by atoms with E-state index in [1.165, 1.54) is 50.5 Å². The summed E-state index contributed by atoms with van der Waals surface area (Å²) in [5.74, 6) is 4.01. The molecule has 0 aromatic heterocycles. The van der Waals surface area contributed by atoms with Gasteiger partial charge in [0.1, 0.15) is 12.0 Å². The summed E-state index contributed by atoms with van der Waals surface area (Å²) >= 11 is 0. The molecule has 4 rings (SSSR count). The SMILES string of the molecule is CCC1CCC(C2=CC=C(C3CCC(C4CCC(=O)CC4)CC3)C(F)C2)CC1. The zero-order chi connectivity index (χ0) is 19.5. The lowest BCUT2D eigenvalue weighted by Gasteiger charge is -2.38. The molecule has 1 unspecified atom stereocenters. The van der Waals surface area contributed by atoms with Crippen molar-refractivity contribution in [1.82, 2.24) is 0 Å². The average Bonchev–Trinajstić information content (AvgIpc) is 2.74. The van der Waals surface area contributed by atoms with Crippen LogP contribution in [-0.4, -0.2) is 12.0 Å². The van der Waals surface area contributed by atoms with Crippen LogP contribution in [-0.2, 0) is 4.79 Å². The molecule has 0 aromatic rings. The Kier molecular flexibility index (Phi) is 6.74. The molecule has 0 N–H and O–H groups in total. The first-order valence-corrected chi connectivity index (χ1v) is 12.2. The fraction of sp³-hybridized carbons (Fsp3) is 0.808. The van der Waals surface area contributed by atoms with E-state index in [0.717, 1.165) is 61.9 Å². The van der Waals surface area contributed by atoms with Crippen molar-refractivity contribution in [2.75, 3.05) is 0 Å². The number of halogens is 1. The van der Waals surface area contributed by atoms with Gasteiger partial charge in [0.15, 0.2) is 0 Å². The quantitative estimate of drug-likeness (QED) is 0.493. The van der Waals surface area contributed by atoms with Crippen molar-refractivity contribution in [3.05, 3.63) is 23.3 Å². The zero-order valence-corrected chi connectivity index (χ0v) is 17.8. The van der Waals surface area contributed by atoms with Crippen LogP contribution in [0.15, 0.2) is 23.3 Å². The Balaban J connectivity index is 1.31. The van der Waals surface area contributed by atoms with E-state index in [4.69, 9.17) is 0 Å². The number of carbonyl (C=O) groups excluding carboxylic acids is 1. The van der Waals surface area contributed by atoms with Gasteiger partial charge in [0.2, 0.25) is 0 Å². The maximum absolute atomic E-state index is 15.1. The Morgan fingerprint density at radius 1 is 0.821 bits per heavy atom. The topological polar surface area (TPSA) is 17.1 Å². The summed E-state index contributed by atoms with van der Waals surface area (Å²) in [6, 6.07) is 0. The van der Waals surface area contributed by atoms with Gasteiger partial charge in [0.05, 0.1) is 0 Å². The van der Waals surface area contributed by atoms with E-state index in [1.54, 1.807) is 0 Å². The third-order valence-electron chi connectivity index (χ3n) is 8.71. The Hall–Kier alpha value is -0.920. The van der Waals surface area contributed by atoms with Gasteiger partial charge >= 0.3 is 0 Å². The summed E-state index contributed by atoms with van der Waals surface area (Å²) < 4.78 is 15.1. The molecule has 0 saturated heterocycles. The minimum atomic E-state index is -0.738. The lowest BCUT2D eigenvalue weighted by atomic mass is 9.68. The second-order valence-electron chi connectivity index (χ2n) is 10.2. The monoisotopic (exact) mass is 386 g/mol. The van der Waals surface area contributed by atoms with E-state index in [1.807, 2.05) is 0 Å². The van der Waals surface area contributed by atoms with Crippen molar-refractivity contribution in [2.24, 2.45) is 29.6 Å². The molecule has 0 bridgehead atoms. The first-order chi connectivity index (χ1) is 13.6. The van der Waals surface area contributed by atoms with Crippen molar-refractivity contribution in [3.63, 3.8) is 0 Å². The molecule has 4 aliphatic carbocycles. The number of rotatable bonds is 4. The molecule has 0 spiro atoms. The van der Waals surface area contributed by atoms with Crippen LogP contribution in [0, 0.1) is 29.6 Å². The predicted octanol–water partition coefficient (Wildman–Crippen LogP) is 7.36. The molecule has 156 valence electrons. The Morgan fingerprint density at radius 3 is 2.04 bits per heavy atom. The lowest BCUT2D eigenvalue weighted by Crippen LogP contribution is -2.28. The third kappa shape index (κ3) is 4.62. The van der Waals surface area contributed by atoms with E-state index in [9.17, 15) is 4.79 Å². The highest BCUT2D eigenvalue weighted by atomic mass is 19.1. The largest absolute Gasteiger partial charge is 0.300 e. The van der Waals surface area contributed by atoms with E-state index >= 15 is 4.39 Å². The number of hydrogen-bond donors (Lipinski definition) is 0. The van der Waals surface area contributed by atoms with Crippen molar-refractivity contribution < 1.29 is 9.18 Å². The number of ketones is 1.